The van der Waals surface area contributed by atoms with Crippen LogP contribution in [0.2, 0.25) is 0 Å². The van der Waals surface area contributed by atoms with Crippen molar-refractivity contribution in [1.29, 1.82) is 0 Å². The van der Waals surface area contributed by atoms with Crippen molar-refractivity contribution in [2.45, 2.75) is 50.9 Å². The van der Waals surface area contributed by atoms with Crippen molar-refractivity contribution < 1.29 is 9.94 Å². The fraction of sp³-hybridized carbons (Fsp3) is 0.391. The van der Waals surface area contributed by atoms with Crippen molar-refractivity contribution in [2.75, 3.05) is 6.54 Å². The third kappa shape index (κ3) is 3.61. The first-order chi connectivity index (χ1) is 12.7. The first kappa shape index (κ1) is 17.5. The molecule has 2 aliphatic heterocycles. The number of hydrogen-bond acceptors (Lipinski definition) is 3. The molecule has 0 saturated carbocycles. The van der Waals surface area contributed by atoms with Gasteiger partial charge >= 0.3 is 0 Å². The summed E-state index contributed by atoms with van der Waals surface area (Å²) in [5, 5.41) is 12.3. The second-order valence-electron chi connectivity index (χ2n) is 7.53. The van der Waals surface area contributed by atoms with Crippen LogP contribution in [0.5, 0.6) is 0 Å². The lowest BCUT2D eigenvalue weighted by molar-refractivity contribution is 0.105. The molecule has 0 amide bonds. The highest BCUT2D eigenvalue weighted by atomic mass is 16.9. The van der Waals surface area contributed by atoms with Crippen LogP contribution >= 0.6 is 0 Å². The van der Waals surface area contributed by atoms with Crippen LogP contribution in [0.15, 0.2) is 71.8 Å². The van der Waals surface area contributed by atoms with E-state index >= 15 is 0 Å². The van der Waals surface area contributed by atoms with Gasteiger partial charge in [-0.25, -0.2) is 0 Å². The number of nitrogens with zero attached hydrogens (tertiary/aromatic N) is 1. The minimum absolute atomic E-state index is 0.276. The molecule has 136 valence electrons. The Hall–Kier alpha value is -1.94. The second kappa shape index (κ2) is 7.36. The molecule has 1 N–H and O–H groups in total. The molecule has 0 aliphatic carbocycles. The number of hydrogen-bond donors (Lipinski definition) is 1. The quantitative estimate of drug-likeness (QED) is 0.625. The SMILES string of the molecule is C/C(CCc1ccccc1)=C(/Cc1ccccc1)C12CC(O)CCN1O2. The standard InChI is InChI=1S/C23H27NO2/c1-18(12-13-19-8-4-2-5-9-19)22(16-20-10-6-3-7-11-20)23-17-21(25)14-15-24(23)26-23/h2-11,21,25H,12-17H2,1H3/b22-18+. The molecular weight excluding hydrogens is 322 g/mol. The molecular formula is C23H27NO2. The van der Waals surface area contributed by atoms with E-state index in [1.165, 1.54) is 22.3 Å². The Morgan fingerprint density at radius 1 is 1.08 bits per heavy atom. The highest BCUT2D eigenvalue weighted by Crippen LogP contribution is 2.50. The van der Waals surface area contributed by atoms with E-state index in [-0.39, 0.29) is 11.8 Å². The summed E-state index contributed by atoms with van der Waals surface area (Å²) in [5.41, 5.74) is 4.99. The van der Waals surface area contributed by atoms with Crippen LogP contribution in [0.1, 0.15) is 37.3 Å². The van der Waals surface area contributed by atoms with Crippen molar-refractivity contribution in [3.8, 4) is 0 Å². The number of hydroxylamine groups is 2. The first-order valence-corrected chi connectivity index (χ1v) is 9.59. The highest BCUT2D eigenvalue weighted by molar-refractivity contribution is 5.34. The Bertz CT molecular complexity index is 771. The van der Waals surface area contributed by atoms with Crippen LogP contribution in [0.25, 0.3) is 0 Å². The van der Waals surface area contributed by atoms with Gasteiger partial charge in [0.1, 0.15) is 0 Å². The van der Waals surface area contributed by atoms with Crippen molar-refractivity contribution >= 4 is 0 Å². The van der Waals surface area contributed by atoms with E-state index in [1.54, 1.807) is 0 Å². The summed E-state index contributed by atoms with van der Waals surface area (Å²) in [6.07, 6.45) is 4.12. The van der Waals surface area contributed by atoms with E-state index in [4.69, 9.17) is 4.84 Å². The largest absolute Gasteiger partial charge is 0.393 e. The maximum absolute atomic E-state index is 10.2. The van der Waals surface area contributed by atoms with Gasteiger partial charge in [0.25, 0.3) is 0 Å². The second-order valence-corrected chi connectivity index (χ2v) is 7.53. The molecule has 0 bridgehead atoms. The molecule has 2 heterocycles. The monoisotopic (exact) mass is 349 g/mol. The van der Waals surface area contributed by atoms with E-state index in [0.717, 1.165) is 32.2 Å². The predicted molar refractivity (Wildman–Crippen MR) is 103 cm³/mol. The van der Waals surface area contributed by atoms with Crippen LogP contribution in [-0.4, -0.2) is 28.5 Å². The van der Waals surface area contributed by atoms with Crippen LogP contribution in [0.3, 0.4) is 0 Å². The predicted octanol–water partition coefficient (Wildman–Crippen LogP) is 4.28. The fourth-order valence-electron chi connectivity index (χ4n) is 4.09. The Morgan fingerprint density at radius 3 is 2.42 bits per heavy atom. The zero-order valence-electron chi connectivity index (χ0n) is 15.4. The van der Waals surface area contributed by atoms with Gasteiger partial charge in [0, 0.05) is 13.0 Å². The first-order valence-electron chi connectivity index (χ1n) is 9.59. The number of aryl methyl sites for hydroxylation is 1. The van der Waals surface area contributed by atoms with Crippen molar-refractivity contribution in [3.05, 3.63) is 82.9 Å². The maximum atomic E-state index is 10.2. The van der Waals surface area contributed by atoms with E-state index in [0.29, 0.717) is 6.42 Å². The zero-order valence-corrected chi connectivity index (χ0v) is 15.4. The molecule has 0 aromatic heterocycles. The number of fused-ring (bicyclic) bond motifs is 1. The number of aliphatic hydroxyl groups excluding tert-OH is 1. The molecule has 3 unspecified atom stereocenters. The summed E-state index contributed by atoms with van der Waals surface area (Å²) in [4.78, 5) is 6.06. The van der Waals surface area contributed by atoms with Crippen LogP contribution in [-0.2, 0) is 17.7 Å². The van der Waals surface area contributed by atoms with Gasteiger partial charge < -0.3 is 5.11 Å². The molecule has 3 nitrogen and oxygen atoms in total. The van der Waals surface area contributed by atoms with Crippen LogP contribution < -0.4 is 0 Å². The third-order valence-electron chi connectivity index (χ3n) is 5.65. The van der Waals surface area contributed by atoms with Gasteiger partial charge in [-0.3, -0.25) is 4.84 Å². The molecule has 0 radical (unpaired) electrons. The van der Waals surface area contributed by atoms with E-state index in [2.05, 4.69) is 72.7 Å². The Morgan fingerprint density at radius 2 is 1.73 bits per heavy atom. The number of rotatable bonds is 6. The summed E-state index contributed by atoms with van der Waals surface area (Å²) in [6.45, 7) is 3.04. The summed E-state index contributed by atoms with van der Waals surface area (Å²) in [5.74, 6) is 0. The zero-order chi connectivity index (χ0) is 18.0. The normalized spacial score (nSPS) is 28.2. The lowest BCUT2D eigenvalue weighted by Gasteiger charge is -2.26. The van der Waals surface area contributed by atoms with Gasteiger partial charge in [-0.1, -0.05) is 66.2 Å². The van der Waals surface area contributed by atoms with E-state index in [9.17, 15) is 5.11 Å². The fourth-order valence-corrected chi connectivity index (χ4v) is 4.09. The number of allylic oxidation sites excluding steroid dienone is 1. The highest BCUT2D eigenvalue weighted by Gasteiger charge is 2.60. The molecule has 3 atom stereocenters. The Labute approximate surface area is 155 Å². The number of piperidine rings is 1. The smallest absolute Gasteiger partial charge is 0.189 e. The molecule has 2 aliphatic rings. The summed E-state index contributed by atoms with van der Waals surface area (Å²) >= 11 is 0. The average molecular weight is 349 g/mol. The molecule has 3 heteroatoms. The molecule has 26 heavy (non-hydrogen) atoms. The molecule has 2 aromatic carbocycles. The molecule has 4 rings (SSSR count). The minimum atomic E-state index is -0.381. The topological polar surface area (TPSA) is 35.8 Å². The minimum Gasteiger partial charge on any atom is -0.393 e. The van der Waals surface area contributed by atoms with Crippen LogP contribution in [0, 0.1) is 0 Å². The number of benzene rings is 2. The van der Waals surface area contributed by atoms with Gasteiger partial charge in [0.2, 0.25) is 0 Å². The average Bonchev–Trinajstić information content (AvgIpc) is 3.40. The van der Waals surface area contributed by atoms with Crippen molar-refractivity contribution in [2.24, 2.45) is 0 Å². The van der Waals surface area contributed by atoms with Gasteiger partial charge in [-0.15, -0.1) is 5.06 Å². The lowest BCUT2D eigenvalue weighted by atomic mass is 9.85. The summed E-state index contributed by atoms with van der Waals surface area (Å²) < 4.78 is 0. The van der Waals surface area contributed by atoms with E-state index in [1.807, 2.05) is 0 Å². The Balaban J connectivity index is 1.59. The van der Waals surface area contributed by atoms with Gasteiger partial charge in [-0.2, -0.15) is 0 Å². The van der Waals surface area contributed by atoms with Crippen molar-refractivity contribution in [3.63, 3.8) is 0 Å². The summed E-state index contributed by atoms with van der Waals surface area (Å²) in [6, 6.07) is 21.2. The van der Waals surface area contributed by atoms with E-state index < -0.39 is 0 Å². The molecule has 2 aromatic rings. The maximum Gasteiger partial charge on any atom is 0.189 e. The third-order valence-corrected chi connectivity index (χ3v) is 5.65. The lowest BCUT2D eigenvalue weighted by Crippen LogP contribution is -2.35. The van der Waals surface area contributed by atoms with Gasteiger partial charge in [0.05, 0.1) is 6.10 Å². The molecule has 2 saturated heterocycles. The summed E-state index contributed by atoms with van der Waals surface area (Å²) in [7, 11) is 0. The number of aliphatic hydroxyl groups is 1. The van der Waals surface area contributed by atoms with Gasteiger partial charge in [0.15, 0.2) is 5.72 Å². The molecule has 2 fully saturated rings. The Kier molecular flexibility index (Phi) is 4.94. The molecule has 0 spiro atoms. The van der Waals surface area contributed by atoms with Crippen molar-refractivity contribution in [1.82, 2.24) is 5.06 Å². The van der Waals surface area contributed by atoms with Crippen LogP contribution in [0.4, 0.5) is 0 Å². The van der Waals surface area contributed by atoms with Gasteiger partial charge in [-0.05, 0) is 49.3 Å².